The molecule has 2 aromatic rings. The zero-order valence-corrected chi connectivity index (χ0v) is 16.0. The van der Waals surface area contributed by atoms with Crippen LogP contribution in [0.5, 0.6) is 0 Å². The molecule has 4 amide bonds. The number of imide groups is 1. The Kier molecular flexibility index (Phi) is 7.35. The standard InChI is InChI=1S/C17H22N6O3S/c1-3-19-16(26)20-15(25)14(11-7-5-4-6-8-11)27-17-22-21-13(23(17)2)10-9-12(18)24/h4-8,14H,3,9-10H2,1-2H3,(H2,18,24)(H2,19,20,25,26)/t14-/m1/s1. The van der Waals surface area contributed by atoms with E-state index < -0.39 is 23.1 Å². The molecule has 144 valence electrons. The molecule has 0 aliphatic carbocycles. The second-order valence-corrected chi connectivity index (χ2v) is 6.75. The SMILES string of the molecule is CCNC(=O)NC(=O)[C@H](Sc1nnc(CCC(N)=O)n1C)c1ccccc1. The number of aryl methyl sites for hydroxylation is 1. The van der Waals surface area contributed by atoms with Crippen molar-refractivity contribution >= 4 is 29.6 Å². The van der Waals surface area contributed by atoms with Crippen LogP contribution in [-0.2, 0) is 23.1 Å². The highest BCUT2D eigenvalue weighted by Crippen LogP contribution is 2.34. The van der Waals surface area contributed by atoms with E-state index in [1.807, 2.05) is 18.2 Å². The van der Waals surface area contributed by atoms with Crippen LogP contribution in [0.15, 0.2) is 35.5 Å². The minimum absolute atomic E-state index is 0.163. The van der Waals surface area contributed by atoms with Crippen LogP contribution >= 0.6 is 11.8 Å². The molecule has 0 aliphatic heterocycles. The zero-order valence-electron chi connectivity index (χ0n) is 15.1. The lowest BCUT2D eigenvalue weighted by atomic mass is 10.1. The lowest BCUT2D eigenvalue weighted by molar-refractivity contribution is -0.120. The smallest absolute Gasteiger partial charge is 0.321 e. The highest BCUT2D eigenvalue weighted by molar-refractivity contribution is 8.00. The van der Waals surface area contributed by atoms with E-state index in [4.69, 9.17) is 5.73 Å². The van der Waals surface area contributed by atoms with Crippen molar-refractivity contribution < 1.29 is 14.4 Å². The average Bonchev–Trinajstić information content (AvgIpc) is 2.98. The molecule has 9 nitrogen and oxygen atoms in total. The van der Waals surface area contributed by atoms with Crippen molar-refractivity contribution in [3.8, 4) is 0 Å². The third-order valence-electron chi connectivity index (χ3n) is 3.66. The van der Waals surface area contributed by atoms with Crippen molar-refractivity contribution in [3.63, 3.8) is 0 Å². The number of hydrogen-bond acceptors (Lipinski definition) is 6. The van der Waals surface area contributed by atoms with Gasteiger partial charge in [-0.1, -0.05) is 42.1 Å². The minimum Gasteiger partial charge on any atom is -0.370 e. The van der Waals surface area contributed by atoms with Crippen LogP contribution in [0.4, 0.5) is 4.79 Å². The summed E-state index contributed by atoms with van der Waals surface area (Å²) in [7, 11) is 1.75. The molecular weight excluding hydrogens is 368 g/mol. The minimum atomic E-state index is -0.694. The number of rotatable bonds is 8. The maximum Gasteiger partial charge on any atom is 0.321 e. The normalized spacial score (nSPS) is 11.6. The molecule has 0 fully saturated rings. The van der Waals surface area contributed by atoms with Crippen LogP contribution in [0, 0.1) is 0 Å². The highest BCUT2D eigenvalue weighted by atomic mass is 32.2. The number of carbonyl (C=O) groups excluding carboxylic acids is 3. The second kappa shape index (κ2) is 9.72. The Hall–Kier alpha value is -2.88. The number of nitrogens with two attached hydrogens (primary N) is 1. The Morgan fingerprint density at radius 2 is 1.93 bits per heavy atom. The Morgan fingerprint density at radius 1 is 1.22 bits per heavy atom. The Balaban J connectivity index is 2.21. The molecule has 2 rings (SSSR count). The summed E-state index contributed by atoms with van der Waals surface area (Å²) in [6.45, 7) is 2.18. The van der Waals surface area contributed by atoms with Gasteiger partial charge in [0.25, 0.3) is 0 Å². The maximum atomic E-state index is 12.7. The third kappa shape index (κ3) is 5.81. The van der Waals surface area contributed by atoms with Gasteiger partial charge in [-0.05, 0) is 12.5 Å². The summed E-state index contributed by atoms with van der Waals surface area (Å²) in [5.41, 5.74) is 5.90. The largest absolute Gasteiger partial charge is 0.370 e. The second-order valence-electron chi connectivity index (χ2n) is 5.68. The van der Waals surface area contributed by atoms with E-state index in [9.17, 15) is 14.4 Å². The van der Waals surface area contributed by atoms with E-state index in [0.717, 1.165) is 5.56 Å². The maximum absolute atomic E-state index is 12.7. The topological polar surface area (TPSA) is 132 Å². The highest BCUT2D eigenvalue weighted by Gasteiger charge is 2.26. The Morgan fingerprint density at radius 3 is 2.56 bits per heavy atom. The fourth-order valence-corrected chi connectivity index (χ4v) is 3.31. The lowest BCUT2D eigenvalue weighted by Gasteiger charge is -2.16. The molecule has 4 N–H and O–H groups in total. The number of aromatic nitrogens is 3. The van der Waals surface area contributed by atoms with Gasteiger partial charge in [-0.25, -0.2) is 4.79 Å². The molecule has 1 aromatic carbocycles. The van der Waals surface area contributed by atoms with Crippen molar-refractivity contribution in [1.82, 2.24) is 25.4 Å². The van der Waals surface area contributed by atoms with Crippen LogP contribution in [-0.4, -0.2) is 39.2 Å². The van der Waals surface area contributed by atoms with Gasteiger partial charge in [0.15, 0.2) is 5.16 Å². The van der Waals surface area contributed by atoms with Crippen molar-refractivity contribution in [2.75, 3.05) is 6.54 Å². The van der Waals surface area contributed by atoms with Gasteiger partial charge in [-0.3, -0.25) is 14.9 Å². The van der Waals surface area contributed by atoms with E-state index in [1.54, 1.807) is 30.7 Å². The number of hydrogen-bond donors (Lipinski definition) is 3. The van der Waals surface area contributed by atoms with E-state index >= 15 is 0 Å². The molecule has 0 radical (unpaired) electrons. The molecule has 0 aliphatic rings. The summed E-state index contributed by atoms with van der Waals surface area (Å²) in [5.74, 6) is -0.290. The van der Waals surface area contributed by atoms with Crippen LogP contribution in [0.2, 0.25) is 0 Å². The molecule has 0 unspecified atom stereocenters. The summed E-state index contributed by atoms with van der Waals surface area (Å²) in [5, 5.41) is 12.8. The van der Waals surface area contributed by atoms with Gasteiger partial charge < -0.3 is 15.6 Å². The fourth-order valence-electron chi connectivity index (χ4n) is 2.29. The summed E-state index contributed by atoms with van der Waals surface area (Å²) in [6.07, 6.45) is 0.525. The Bertz CT molecular complexity index is 808. The van der Waals surface area contributed by atoms with Crippen molar-refractivity contribution in [3.05, 3.63) is 41.7 Å². The van der Waals surface area contributed by atoms with E-state index in [-0.39, 0.29) is 6.42 Å². The van der Waals surface area contributed by atoms with Crippen molar-refractivity contribution in [2.45, 2.75) is 30.2 Å². The van der Waals surface area contributed by atoms with Crippen LogP contribution in [0.3, 0.4) is 0 Å². The van der Waals surface area contributed by atoms with Gasteiger partial charge in [0.1, 0.15) is 11.1 Å². The quantitative estimate of drug-likeness (QED) is 0.574. The number of benzene rings is 1. The molecule has 1 heterocycles. The predicted molar refractivity (Wildman–Crippen MR) is 101 cm³/mol. The molecule has 1 aromatic heterocycles. The average molecular weight is 390 g/mol. The van der Waals surface area contributed by atoms with Gasteiger partial charge >= 0.3 is 6.03 Å². The van der Waals surface area contributed by atoms with Crippen molar-refractivity contribution in [2.24, 2.45) is 12.8 Å². The van der Waals surface area contributed by atoms with E-state index in [2.05, 4.69) is 20.8 Å². The molecule has 10 heteroatoms. The van der Waals surface area contributed by atoms with Crippen LogP contribution in [0.1, 0.15) is 30.0 Å². The first-order chi connectivity index (χ1) is 12.9. The molecule has 0 bridgehead atoms. The van der Waals surface area contributed by atoms with Gasteiger partial charge in [-0.15, -0.1) is 10.2 Å². The first-order valence-electron chi connectivity index (χ1n) is 8.39. The number of nitrogens with zero attached hydrogens (tertiary/aromatic N) is 3. The number of amides is 4. The van der Waals surface area contributed by atoms with Gasteiger partial charge in [0.2, 0.25) is 11.8 Å². The fraction of sp³-hybridized carbons (Fsp3) is 0.353. The summed E-state index contributed by atoms with van der Waals surface area (Å²) in [4.78, 5) is 35.4. The molecular formula is C17H22N6O3S. The predicted octanol–water partition coefficient (Wildman–Crippen LogP) is 0.912. The first-order valence-corrected chi connectivity index (χ1v) is 9.27. The van der Waals surface area contributed by atoms with Gasteiger partial charge in [-0.2, -0.15) is 0 Å². The number of urea groups is 1. The molecule has 0 spiro atoms. The number of thioether (sulfide) groups is 1. The molecule has 0 saturated heterocycles. The Labute approximate surface area is 161 Å². The zero-order chi connectivity index (χ0) is 19.8. The lowest BCUT2D eigenvalue weighted by Crippen LogP contribution is -2.41. The van der Waals surface area contributed by atoms with E-state index in [0.29, 0.717) is 23.9 Å². The van der Waals surface area contributed by atoms with Crippen LogP contribution < -0.4 is 16.4 Å². The van der Waals surface area contributed by atoms with Gasteiger partial charge in [0, 0.05) is 26.4 Å². The summed E-state index contributed by atoms with van der Waals surface area (Å²) < 4.78 is 1.71. The van der Waals surface area contributed by atoms with Crippen LogP contribution in [0.25, 0.3) is 0 Å². The number of primary amides is 1. The summed E-state index contributed by atoms with van der Waals surface area (Å²) in [6, 6.07) is 8.54. The number of carbonyl (C=O) groups is 3. The monoisotopic (exact) mass is 390 g/mol. The molecule has 1 atom stereocenters. The first kappa shape index (κ1) is 20.4. The molecule has 0 saturated carbocycles. The number of nitrogens with one attached hydrogen (secondary N) is 2. The van der Waals surface area contributed by atoms with Crippen molar-refractivity contribution in [1.29, 1.82) is 0 Å². The molecule has 27 heavy (non-hydrogen) atoms. The summed E-state index contributed by atoms with van der Waals surface area (Å²) >= 11 is 1.17. The third-order valence-corrected chi connectivity index (χ3v) is 4.95. The van der Waals surface area contributed by atoms with Gasteiger partial charge in [0.05, 0.1) is 0 Å². The van der Waals surface area contributed by atoms with E-state index in [1.165, 1.54) is 11.8 Å².